The zero-order valence-corrected chi connectivity index (χ0v) is 21.5. The van der Waals surface area contributed by atoms with E-state index in [1.54, 1.807) is 39.8 Å². The Balaban J connectivity index is 2.22. The second kappa shape index (κ2) is 13.1. The minimum absolute atomic E-state index is 0.0233. The van der Waals surface area contributed by atoms with Crippen molar-refractivity contribution in [1.82, 2.24) is 9.80 Å². The fraction of sp³-hybridized carbons (Fsp3) is 0.700. The van der Waals surface area contributed by atoms with Crippen LogP contribution in [0, 0.1) is 10.1 Å². The lowest BCUT2D eigenvalue weighted by atomic mass is 10.1. The largest absolute Gasteiger partial charge is 0.344 e. The topological polar surface area (TPSA) is 121 Å². The van der Waals surface area contributed by atoms with E-state index in [9.17, 15) is 19.2 Å². The van der Waals surface area contributed by atoms with Crippen LogP contribution in [0.1, 0.15) is 33.3 Å². The van der Waals surface area contributed by atoms with Crippen LogP contribution in [0.25, 0.3) is 0 Å². The summed E-state index contributed by atoms with van der Waals surface area (Å²) in [6.07, 6.45) is 0.742. The van der Waals surface area contributed by atoms with Gasteiger partial charge in [-0.15, -0.1) is 0 Å². The molecule has 1 heterocycles. The molecular weight excluding hydrogens is 472 g/mol. The van der Waals surface area contributed by atoms with E-state index in [1.807, 2.05) is 9.80 Å². The van der Waals surface area contributed by atoms with Crippen molar-refractivity contribution >= 4 is 20.9 Å². The Bertz CT molecular complexity index is 834. The molecule has 1 aromatic carbocycles. The van der Waals surface area contributed by atoms with Gasteiger partial charge in [0, 0.05) is 24.7 Å². The van der Waals surface area contributed by atoms with Crippen LogP contribution in [0.15, 0.2) is 24.3 Å². The zero-order chi connectivity index (χ0) is 24.5. The lowest BCUT2D eigenvalue weighted by Gasteiger charge is -2.27. The number of nitrogens with zero attached hydrogens (tertiary/aromatic N) is 3. The molecule has 0 saturated carbocycles. The predicted molar refractivity (Wildman–Crippen MR) is 125 cm³/mol. The molecule has 2 rings (SSSR count). The minimum atomic E-state index is -3.36. The van der Waals surface area contributed by atoms with E-state index in [-0.39, 0.29) is 50.7 Å². The van der Waals surface area contributed by atoms with Gasteiger partial charge in [-0.2, -0.15) is 0 Å². The van der Waals surface area contributed by atoms with Crippen LogP contribution in [0.2, 0.25) is 0 Å². The minimum Gasteiger partial charge on any atom is -0.308 e. The molecule has 1 aliphatic rings. The molecule has 33 heavy (non-hydrogen) atoms. The molecule has 0 bridgehead atoms. The first kappa shape index (κ1) is 28.1. The van der Waals surface area contributed by atoms with Crippen molar-refractivity contribution in [2.45, 2.75) is 40.2 Å². The second-order valence-electron chi connectivity index (χ2n) is 7.54. The molecule has 0 radical (unpaired) electrons. The molecule has 1 saturated heterocycles. The van der Waals surface area contributed by atoms with E-state index in [4.69, 9.17) is 18.1 Å². The van der Waals surface area contributed by atoms with E-state index in [1.165, 1.54) is 12.1 Å². The number of hydrogen-bond donors (Lipinski definition) is 0. The fourth-order valence-electron chi connectivity index (χ4n) is 3.82. The molecule has 1 aromatic rings. The first-order chi connectivity index (χ1) is 15.7. The van der Waals surface area contributed by atoms with Gasteiger partial charge in [-0.25, -0.2) is 0 Å². The van der Waals surface area contributed by atoms with Crippen molar-refractivity contribution in [2.75, 3.05) is 52.2 Å². The summed E-state index contributed by atoms with van der Waals surface area (Å²) in [5.74, 6) is 0. The number of nitro benzene ring substituents is 1. The van der Waals surface area contributed by atoms with E-state index in [2.05, 4.69) is 0 Å². The molecule has 0 aliphatic carbocycles. The molecule has 1 unspecified atom stereocenters. The maximum absolute atomic E-state index is 13.2. The van der Waals surface area contributed by atoms with Crippen LogP contribution in [0.4, 0.5) is 5.69 Å². The Morgan fingerprint density at radius 1 is 0.909 bits per heavy atom. The van der Waals surface area contributed by atoms with Crippen LogP contribution in [0.3, 0.4) is 0 Å². The monoisotopic (exact) mass is 507 g/mol. The number of non-ortho nitro benzene ring substituents is 1. The molecule has 1 fully saturated rings. The third-order valence-electron chi connectivity index (χ3n) is 5.02. The predicted octanol–water partition coefficient (Wildman–Crippen LogP) is 4.53. The molecule has 0 amide bonds. The summed E-state index contributed by atoms with van der Waals surface area (Å²) in [6, 6.07) is 6.27. The third kappa shape index (κ3) is 8.53. The maximum atomic E-state index is 13.2. The Labute approximate surface area is 195 Å². The van der Waals surface area contributed by atoms with E-state index >= 15 is 0 Å². The van der Waals surface area contributed by atoms with Crippen molar-refractivity contribution in [2.24, 2.45) is 0 Å². The Kier molecular flexibility index (Phi) is 11.1. The molecule has 0 N–H and O–H groups in total. The highest BCUT2D eigenvalue weighted by atomic mass is 31.2. The van der Waals surface area contributed by atoms with Crippen LogP contribution < -0.4 is 0 Å². The number of benzene rings is 1. The van der Waals surface area contributed by atoms with Crippen molar-refractivity contribution < 1.29 is 32.1 Å². The summed E-state index contributed by atoms with van der Waals surface area (Å²) in [7, 11) is -6.66. The fourth-order valence-corrected chi connectivity index (χ4v) is 7.33. The Morgan fingerprint density at radius 2 is 1.39 bits per heavy atom. The van der Waals surface area contributed by atoms with Crippen LogP contribution in [-0.4, -0.2) is 73.0 Å². The second-order valence-corrected chi connectivity index (χ2v) is 11.6. The molecule has 1 aliphatic heterocycles. The quantitative estimate of drug-likeness (QED) is 0.190. The molecular formula is C20H35N3O8P2. The lowest BCUT2D eigenvalue weighted by molar-refractivity contribution is -0.384. The summed E-state index contributed by atoms with van der Waals surface area (Å²) in [5.41, 5.74) is 0.924. The van der Waals surface area contributed by atoms with Gasteiger partial charge in [-0.05, 0) is 39.7 Å². The summed E-state index contributed by atoms with van der Waals surface area (Å²) >= 11 is 0. The van der Waals surface area contributed by atoms with E-state index in [0.717, 1.165) is 5.56 Å². The van der Waals surface area contributed by atoms with Crippen LogP contribution in [-0.2, 0) is 33.6 Å². The average molecular weight is 507 g/mol. The Hall–Kier alpha value is -1.16. The van der Waals surface area contributed by atoms with Crippen LogP contribution in [0.5, 0.6) is 0 Å². The summed E-state index contributed by atoms with van der Waals surface area (Å²) in [6.45, 7) is 9.01. The highest BCUT2D eigenvalue weighted by Crippen LogP contribution is 2.51. The first-order valence-corrected chi connectivity index (χ1v) is 14.6. The van der Waals surface area contributed by atoms with Gasteiger partial charge in [0.05, 0.1) is 38.0 Å². The first-order valence-electron chi connectivity index (χ1n) is 11.1. The maximum Gasteiger partial charge on any atom is 0.344 e. The van der Waals surface area contributed by atoms with Gasteiger partial charge in [0.2, 0.25) is 0 Å². The van der Waals surface area contributed by atoms with Gasteiger partial charge < -0.3 is 18.1 Å². The highest BCUT2D eigenvalue weighted by Gasteiger charge is 2.39. The smallest absolute Gasteiger partial charge is 0.308 e. The van der Waals surface area contributed by atoms with Gasteiger partial charge in [-0.3, -0.25) is 29.0 Å². The zero-order valence-electron chi connectivity index (χ0n) is 19.8. The van der Waals surface area contributed by atoms with Crippen molar-refractivity contribution in [3.63, 3.8) is 0 Å². The Morgan fingerprint density at radius 3 is 1.85 bits per heavy atom. The molecule has 13 heteroatoms. The lowest BCUT2D eigenvalue weighted by Crippen LogP contribution is -2.34. The summed E-state index contributed by atoms with van der Waals surface area (Å²) < 4.78 is 48.1. The highest BCUT2D eigenvalue weighted by molar-refractivity contribution is 7.54. The van der Waals surface area contributed by atoms with Crippen molar-refractivity contribution in [3.05, 3.63) is 39.9 Å². The van der Waals surface area contributed by atoms with Gasteiger partial charge in [0.1, 0.15) is 12.6 Å². The van der Waals surface area contributed by atoms with Gasteiger partial charge in [-0.1, -0.05) is 12.1 Å². The van der Waals surface area contributed by atoms with Gasteiger partial charge >= 0.3 is 15.2 Å². The number of rotatable bonds is 15. The SMILES string of the molecule is CCOP(=O)(CN1CC(Cc2ccc([N+](=O)[O-])cc2)N(CP(=O)(OCC)OCC)C1)OCC. The molecule has 11 nitrogen and oxygen atoms in total. The van der Waals surface area contributed by atoms with E-state index < -0.39 is 20.1 Å². The molecule has 0 aromatic heterocycles. The van der Waals surface area contributed by atoms with Crippen molar-refractivity contribution in [3.8, 4) is 0 Å². The van der Waals surface area contributed by atoms with Gasteiger partial charge in [0.25, 0.3) is 5.69 Å². The van der Waals surface area contributed by atoms with Crippen molar-refractivity contribution in [1.29, 1.82) is 0 Å². The van der Waals surface area contributed by atoms with E-state index in [0.29, 0.717) is 19.6 Å². The third-order valence-corrected chi connectivity index (χ3v) is 9.08. The number of nitro groups is 1. The van der Waals surface area contributed by atoms with Gasteiger partial charge in [0.15, 0.2) is 0 Å². The number of hydrogen-bond acceptors (Lipinski definition) is 10. The standard InChI is InChI=1S/C20H35N3O8P2/c1-5-28-32(26,29-6-2)16-21-14-20(13-18-9-11-19(12-10-18)23(24)25)22(15-21)17-33(27,30-7-3)31-8-4/h9-12,20H,5-8,13-17H2,1-4H3. The van der Waals surface area contributed by atoms with Crippen LogP contribution >= 0.6 is 15.2 Å². The molecule has 188 valence electrons. The average Bonchev–Trinajstić information content (AvgIpc) is 3.08. The molecule has 1 atom stereocenters. The molecule has 0 spiro atoms. The summed E-state index contributed by atoms with van der Waals surface area (Å²) in [4.78, 5) is 14.4. The summed E-state index contributed by atoms with van der Waals surface area (Å²) in [5, 5.41) is 11.0. The normalized spacial score (nSPS) is 18.1.